The topological polar surface area (TPSA) is 77.9 Å². The Morgan fingerprint density at radius 1 is 1.24 bits per heavy atom. The highest BCUT2D eigenvalue weighted by Gasteiger charge is 2.41. The number of benzene rings is 1. The van der Waals surface area contributed by atoms with Crippen LogP contribution < -0.4 is 0 Å². The van der Waals surface area contributed by atoms with Gasteiger partial charge in [-0.05, 0) is 5.56 Å². The fourth-order valence-corrected chi connectivity index (χ4v) is 2.74. The van der Waals surface area contributed by atoms with E-state index in [0.29, 0.717) is 10.5 Å². The smallest absolute Gasteiger partial charge is 0.406 e. The van der Waals surface area contributed by atoms with Gasteiger partial charge in [0.2, 0.25) is 11.8 Å². The predicted molar refractivity (Wildman–Crippen MR) is 80.2 cm³/mol. The molecule has 0 aromatic heterocycles. The van der Waals surface area contributed by atoms with Gasteiger partial charge in [0.1, 0.15) is 13.1 Å². The van der Waals surface area contributed by atoms with Crippen LogP contribution in [0.5, 0.6) is 0 Å². The third-order valence-electron chi connectivity index (χ3n) is 3.79. The van der Waals surface area contributed by atoms with Gasteiger partial charge in [-0.2, -0.15) is 13.2 Å². The van der Waals surface area contributed by atoms with Crippen LogP contribution in [0.1, 0.15) is 12.0 Å². The monoisotopic (exact) mass is 358 g/mol. The van der Waals surface area contributed by atoms with Crippen molar-refractivity contribution in [3.05, 3.63) is 35.9 Å². The summed E-state index contributed by atoms with van der Waals surface area (Å²) < 4.78 is 37.4. The van der Waals surface area contributed by atoms with Crippen molar-refractivity contribution in [1.29, 1.82) is 0 Å². The second-order valence-corrected chi connectivity index (χ2v) is 5.86. The van der Waals surface area contributed by atoms with Crippen LogP contribution in [0, 0.1) is 5.92 Å². The minimum Gasteiger partial charge on any atom is -0.480 e. The maximum atomic E-state index is 12.5. The Labute approximate surface area is 141 Å². The second kappa shape index (κ2) is 7.54. The lowest BCUT2D eigenvalue weighted by atomic mass is 10.1. The molecule has 2 amide bonds. The molecule has 1 atom stereocenters. The lowest BCUT2D eigenvalue weighted by Gasteiger charge is -2.24. The molecule has 0 spiro atoms. The first-order valence-corrected chi connectivity index (χ1v) is 7.55. The molecule has 2 rings (SSSR count). The Kier molecular flexibility index (Phi) is 5.66. The van der Waals surface area contributed by atoms with E-state index in [9.17, 15) is 27.6 Å². The maximum absolute atomic E-state index is 12.5. The number of alkyl halides is 3. The molecular formula is C16H17F3N2O4. The zero-order valence-electron chi connectivity index (χ0n) is 13.2. The van der Waals surface area contributed by atoms with Crippen molar-refractivity contribution < 1.29 is 32.7 Å². The van der Waals surface area contributed by atoms with Crippen LogP contribution >= 0.6 is 0 Å². The summed E-state index contributed by atoms with van der Waals surface area (Å²) in [4.78, 5) is 36.9. The highest BCUT2D eigenvalue weighted by molar-refractivity contribution is 5.90. The van der Waals surface area contributed by atoms with Crippen LogP contribution in [0.2, 0.25) is 0 Å². The molecule has 1 aromatic carbocycles. The number of carbonyl (C=O) groups excluding carboxylic acids is 2. The van der Waals surface area contributed by atoms with Gasteiger partial charge in [-0.15, -0.1) is 0 Å². The van der Waals surface area contributed by atoms with Crippen LogP contribution in [0.25, 0.3) is 0 Å². The number of halogens is 3. The van der Waals surface area contributed by atoms with E-state index in [4.69, 9.17) is 5.11 Å². The number of carboxylic acids is 1. The quantitative estimate of drug-likeness (QED) is 0.836. The average molecular weight is 358 g/mol. The predicted octanol–water partition coefficient (Wildman–Crippen LogP) is 1.51. The number of rotatable bonds is 6. The Hall–Kier alpha value is -2.58. The zero-order valence-corrected chi connectivity index (χ0v) is 13.2. The number of likely N-dealkylation sites (tertiary alicyclic amines) is 1. The van der Waals surface area contributed by atoms with Gasteiger partial charge in [0, 0.05) is 19.5 Å². The number of amides is 2. The molecule has 0 saturated carbocycles. The molecule has 1 saturated heterocycles. The highest BCUT2D eigenvalue weighted by atomic mass is 19.4. The zero-order chi connectivity index (χ0) is 18.6. The molecular weight excluding hydrogens is 341 g/mol. The molecule has 1 N–H and O–H groups in total. The Bertz CT molecular complexity index is 649. The van der Waals surface area contributed by atoms with E-state index < -0.39 is 43.0 Å². The van der Waals surface area contributed by atoms with Crippen molar-refractivity contribution >= 4 is 17.8 Å². The van der Waals surface area contributed by atoms with Crippen LogP contribution in [0.3, 0.4) is 0 Å². The molecule has 9 heteroatoms. The summed E-state index contributed by atoms with van der Waals surface area (Å²) in [5.41, 5.74) is 0.688. The van der Waals surface area contributed by atoms with Gasteiger partial charge in [-0.3, -0.25) is 14.4 Å². The Balaban J connectivity index is 2.08. The van der Waals surface area contributed by atoms with E-state index in [1.54, 1.807) is 30.3 Å². The summed E-state index contributed by atoms with van der Waals surface area (Å²) in [7, 11) is 0. The fraction of sp³-hybridized carbons (Fsp3) is 0.438. The largest absolute Gasteiger partial charge is 0.480 e. The minimum atomic E-state index is -4.54. The molecule has 1 aliphatic rings. The number of nitrogens with zero attached hydrogens (tertiary/aromatic N) is 2. The first-order valence-electron chi connectivity index (χ1n) is 7.55. The lowest BCUT2D eigenvalue weighted by Crippen LogP contribution is -2.41. The SMILES string of the molecule is O=C(O)CN(Cc1ccccc1)C(=O)[C@@H]1CC(=O)N(CC(F)(F)F)C1. The standard InChI is InChI=1S/C16H17F3N2O4/c17-16(18,19)10-21-8-12(6-13(21)22)15(25)20(9-14(23)24)7-11-4-2-1-3-5-11/h1-5,12H,6-10H2,(H,23,24)/t12-/m1/s1. The second-order valence-electron chi connectivity index (χ2n) is 5.86. The number of hydrogen-bond donors (Lipinski definition) is 1. The first kappa shape index (κ1) is 18.8. The normalized spacial score (nSPS) is 17.6. The van der Waals surface area contributed by atoms with E-state index >= 15 is 0 Å². The average Bonchev–Trinajstić information content (AvgIpc) is 2.85. The van der Waals surface area contributed by atoms with Gasteiger partial charge in [-0.1, -0.05) is 30.3 Å². The Morgan fingerprint density at radius 3 is 2.44 bits per heavy atom. The van der Waals surface area contributed by atoms with Gasteiger partial charge < -0.3 is 14.9 Å². The number of carbonyl (C=O) groups is 3. The van der Waals surface area contributed by atoms with Crippen molar-refractivity contribution in [1.82, 2.24) is 9.80 Å². The summed E-state index contributed by atoms with van der Waals surface area (Å²) in [6.45, 7) is -2.34. The molecule has 0 unspecified atom stereocenters. The van der Waals surface area contributed by atoms with Crippen molar-refractivity contribution in [2.24, 2.45) is 5.92 Å². The molecule has 6 nitrogen and oxygen atoms in total. The number of carboxylic acid groups (broad SMARTS) is 1. The van der Waals surface area contributed by atoms with Crippen molar-refractivity contribution in [2.75, 3.05) is 19.6 Å². The molecule has 136 valence electrons. The minimum absolute atomic E-state index is 0.00986. The van der Waals surface area contributed by atoms with E-state index in [1.165, 1.54) is 0 Å². The maximum Gasteiger partial charge on any atom is 0.406 e. The van der Waals surface area contributed by atoms with Crippen molar-refractivity contribution in [3.63, 3.8) is 0 Å². The summed E-state index contributed by atoms with van der Waals surface area (Å²) in [6.07, 6.45) is -4.89. The summed E-state index contributed by atoms with van der Waals surface area (Å²) >= 11 is 0. The molecule has 1 fully saturated rings. The molecule has 1 aromatic rings. The molecule has 1 heterocycles. The van der Waals surface area contributed by atoms with E-state index in [1.807, 2.05) is 0 Å². The summed E-state index contributed by atoms with van der Waals surface area (Å²) in [5, 5.41) is 8.99. The molecule has 1 aliphatic heterocycles. The van der Waals surface area contributed by atoms with Gasteiger partial charge in [0.25, 0.3) is 0 Å². The van der Waals surface area contributed by atoms with Gasteiger partial charge in [0.15, 0.2) is 0 Å². The van der Waals surface area contributed by atoms with Crippen LogP contribution in [0.4, 0.5) is 13.2 Å². The van der Waals surface area contributed by atoms with E-state index in [-0.39, 0.29) is 19.5 Å². The van der Waals surface area contributed by atoms with E-state index in [0.717, 1.165) is 4.90 Å². The molecule has 25 heavy (non-hydrogen) atoms. The van der Waals surface area contributed by atoms with Crippen LogP contribution in [-0.2, 0) is 20.9 Å². The van der Waals surface area contributed by atoms with Crippen LogP contribution in [0.15, 0.2) is 30.3 Å². The third-order valence-corrected chi connectivity index (χ3v) is 3.79. The first-order chi connectivity index (χ1) is 11.7. The van der Waals surface area contributed by atoms with Crippen molar-refractivity contribution in [3.8, 4) is 0 Å². The summed E-state index contributed by atoms with van der Waals surface area (Å²) in [6, 6.07) is 8.62. The van der Waals surface area contributed by atoms with Gasteiger partial charge in [0.05, 0.1) is 5.92 Å². The van der Waals surface area contributed by atoms with Gasteiger partial charge in [-0.25, -0.2) is 0 Å². The lowest BCUT2D eigenvalue weighted by molar-refractivity contribution is -0.157. The van der Waals surface area contributed by atoms with E-state index in [2.05, 4.69) is 0 Å². The number of hydrogen-bond acceptors (Lipinski definition) is 3. The molecule has 0 radical (unpaired) electrons. The van der Waals surface area contributed by atoms with Gasteiger partial charge >= 0.3 is 12.1 Å². The number of aliphatic carboxylic acids is 1. The fourth-order valence-electron chi connectivity index (χ4n) is 2.74. The molecule has 0 aliphatic carbocycles. The summed E-state index contributed by atoms with van der Waals surface area (Å²) in [5.74, 6) is -3.60. The third kappa shape index (κ3) is 5.47. The van der Waals surface area contributed by atoms with Crippen molar-refractivity contribution in [2.45, 2.75) is 19.1 Å². The molecule has 0 bridgehead atoms. The Morgan fingerprint density at radius 2 is 1.88 bits per heavy atom. The van der Waals surface area contributed by atoms with Crippen LogP contribution in [-0.4, -0.2) is 58.5 Å². The highest BCUT2D eigenvalue weighted by Crippen LogP contribution is 2.25.